The quantitative estimate of drug-likeness (QED) is 0.00846. The zero-order chi connectivity index (χ0) is 84.5. The number of likely N-dealkylation sites (tertiary alicyclic amines) is 1. The number of rotatable bonds is 48. The molecule has 114 heavy (non-hydrogen) atoms. The number of hydrogen-bond donors (Lipinski definition) is 25. The number of aryl methyl sites for hydroxylation is 2. The summed E-state index contributed by atoms with van der Waals surface area (Å²) in [4.78, 5) is 222. The molecule has 624 valence electrons. The van der Waals surface area contributed by atoms with Gasteiger partial charge >= 0.3 is 18.0 Å². The van der Waals surface area contributed by atoms with Crippen molar-refractivity contribution in [1.29, 1.82) is 5.41 Å². The molecule has 1 fully saturated rings. The number of carboxylic acids is 2. The SMILES string of the molecule is CCn1cc(CC[C@H](NC(=O)[C@H](CCC(N)=O)NC(=O)[C@H](Cc2c[nH]c3ccccc23)NC(=O)[C@H](CCCNC(N)=O)NC(=O)[C@H](CS)NC(=O)[C@H](CCCNC(=N)N)NC(=O)[C@@H]2CCCN2C(=O)[C@H](CC(=O)O)NC(=O)[C@@H](NC(=O)[C@H](C)NC(=O)[C@H](CS)NC(=O)CN)[C@@H](C)O)C(=O)N[C@@H](Cc2ccc(O)cc2)C(=O)O)nn1. The molecule has 27 N–H and O–H groups in total. The van der Waals surface area contributed by atoms with Crippen LogP contribution in [0.4, 0.5) is 4.79 Å². The van der Waals surface area contributed by atoms with Crippen LogP contribution in [0.5, 0.6) is 5.75 Å². The molecule has 13 atom stereocenters. The number of aromatic hydroxyl groups is 1. The van der Waals surface area contributed by atoms with Gasteiger partial charge in [0.25, 0.3) is 0 Å². The van der Waals surface area contributed by atoms with Crippen LogP contribution in [0, 0.1) is 5.41 Å². The van der Waals surface area contributed by atoms with Crippen LogP contribution in [0.1, 0.15) is 102 Å². The molecule has 0 saturated carbocycles. The van der Waals surface area contributed by atoms with Crippen molar-refractivity contribution in [3.63, 3.8) is 0 Å². The van der Waals surface area contributed by atoms with E-state index in [9.17, 15) is 92.3 Å². The van der Waals surface area contributed by atoms with Gasteiger partial charge in [-0.25, -0.2) is 9.59 Å². The first-order chi connectivity index (χ1) is 54.1. The number of carbonyl (C=O) groups is 16. The zero-order valence-corrected chi connectivity index (χ0v) is 64.5. The Kier molecular flexibility index (Phi) is 37.6. The number of aromatic nitrogens is 4. The Bertz CT molecular complexity index is 4070. The van der Waals surface area contributed by atoms with E-state index in [0.717, 1.165) is 11.8 Å². The minimum absolute atomic E-state index is 0.00217. The summed E-state index contributed by atoms with van der Waals surface area (Å²) in [6.45, 7) is 3.63. The first kappa shape index (κ1) is 92.7. The van der Waals surface area contributed by atoms with Crippen molar-refractivity contribution in [3.05, 3.63) is 77.7 Å². The lowest BCUT2D eigenvalue weighted by Gasteiger charge is -2.31. The molecule has 5 rings (SSSR count). The number of aliphatic hydroxyl groups excluding tert-OH is 1. The monoisotopic (exact) mass is 1640 g/mol. The lowest BCUT2D eigenvalue weighted by molar-refractivity contribution is -0.146. The normalized spacial score (nSPS) is 15.6. The molecule has 15 amide bonds. The molecule has 1 aliphatic rings. The molecule has 0 unspecified atom stereocenters. The van der Waals surface area contributed by atoms with Crippen LogP contribution in [0.25, 0.3) is 10.9 Å². The number of para-hydroxylation sites is 1. The van der Waals surface area contributed by atoms with E-state index in [1.807, 2.05) is 0 Å². The van der Waals surface area contributed by atoms with Crippen molar-refractivity contribution in [2.24, 2.45) is 22.9 Å². The molecular formula is C69H101N23O20S2. The van der Waals surface area contributed by atoms with Crippen molar-refractivity contribution >= 4 is 137 Å². The Hall–Kier alpha value is -11.9. The molecule has 45 heteroatoms. The number of nitrogens with zero attached hydrogens (tertiary/aromatic N) is 4. The Labute approximate surface area is 664 Å². The number of H-pyrrole nitrogens is 1. The molecule has 2 aromatic heterocycles. The van der Waals surface area contributed by atoms with E-state index in [-0.39, 0.29) is 95.3 Å². The standard InChI is InChI=1S/C69H101N23O20S2/c1-4-91-31-38(89-90-91)17-20-44(60(103)86-48(67(110)111)26-36-15-18-39(94)19-16-36)81-59(102)45(21-22-52(71)95)82-61(104)46(27-37-30-77-41-11-6-5-10-40(37)41)84-57(100)42(13-8-24-76-69(74)112)80-63(106)50(33-114)87-58(101)43(12-7-23-75-68(72)73)83-64(107)51-14-9-25-92(51)66(109)47(28-54(97)98)85-65(108)55(35(3)93)88-56(99)34(2)78-62(105)49(32-113)79-53(96)29-70/h5-6,10-11,15-16,18-19,30-31,34-35,42-51,55,77,93-94,113-114H,4,7-9,12-14,17,20-29,32-33,70H2,1-3H3,(H2,71,95)(H,78,105)(H,79,96)(H,80,106)(H,81,102)(H,82,104)(H,83,107)(H,84,100)(H,85,108)(H,86,103)(H,87,101)(H,88,99)(H,97,98)(H,110,111)(H4,72,73,75)(H3,74,76,112)/t34-,35+,42-,43-,44-,45-,46-,47-,48-,49-,50-,51-,55-/m0/s1. The number of urea groups is 1. The van der Waals surface area contributed by atoms with Crippen molar-refractivity contribution < 1.29 is 97.1 Å². The second kappa shape index (κ2) is 46.2. The smallest absolute Gasteiger partial charge is 0.326 e. The molecule has 0 bridgehead atoms. The number of amides is 15. The first-order valence-electron chi connectivity index (χ1n) is 36.4. The number of nitrogens with one attached hydrogen (secondary N) is 15. The summed E-state index contributed by atoms with van der Waals surface area (Å²) in [6.07, 6.45) is -2.18. The maximum Gasteiger partial charge on any atom is 0.326 e. The number of primary amides is 2. The number of fused-ring (bicyclic) bond motifs is 1. The second-order valence-electron chi connectivity index (χ2n) is 26.7. The molecule has 43 nitrogen and oxygen atoms in total. The number of phenolic OH excluding ortho intramolecular Hbond substituents is 1. The fraction of sp³-hybridized carbons (Fsp3) is 0.522. The van der Waals surface area contributed by atoms with Gasteiger partial charge in [-0.15, -0.1) is 5.10 Å². The number of nitrogens with two attached hydrogens (primary N) is 4. The van der Waals surface area contributed by atoms with Gasteiger partial charge in [-0.05, 0) is 108 Å². The third-order valence-electron chi connectivity index (χ3n) is 18.0. The van der Waals surface area contributed by atoms with Crippen molar-refractivity contribution in [2.75, 3.05) is 37.7 Å². The highest BCUT2D eigenvalue weighted by molar-refractivity contribution is 7.80. The van der Waals surface area contributed by atoms with Crippen LogP contribution >= 0.6 is 25.3 Å². The summed E-state index contributed by atoms with van der Waals surface area (Å²) in [7, 11) is 0. The molecule has 4 aromatic rings. The van der Waals surface area contributed by atoms with Crippen molar-refractivity contribution in [1.82, 2.24) is 94.0 Å². The maximum absolute atomic E-state index is 15.0. The number of phenols is 1. The van der Waals surface area contributed by atoms with Gasteiger partial charge in [-0.3, -0.25) is 77.2 Å². The topological polar surface area (TPSA) is 688 Å². The summed E-state index contributed by atoms with van der Waals surface area (Å²) in [5.41, 5.74) is 23.6. The highest BCUT2D eigenvalue weighted by Crippen LogP contribution is 2.23. The predicted octanol–water partition coefficient (Wildman–Crippen LogP) is -7.02. The number of carbonyl (C=O) groups excluding carboxylic acids is 14. The third-order valence-corrected chi connectivity index (χ3v) is 18.7. The van der Waals surface area contributed by atoms with Crippen LogP contribution in [0.2, 0.25) is 0 Å². The number of carboxylic acid groups (broad SMARTS) is 2. The van der Waals surface area contributed by atoms with E-state index in [4.69, 9.17) is 28.3 Å². The zero-order valence-electron chi connectivity index (χ0n) is 62.7. The maximum atomic E-state index is 15.0. The highest BCUT2D eigenvalue weighted by atomic mass is 32.1. The fourth-order valence-electron chi connectivity index (χ4n) is 11.9. The van der Waals surface area contributed by atoms with Gasteiger partial charge in [-0.1, -0.05) is 35.5 Å². The molecule has 2 aromatic carbocycles. The van der Waals surface area contributed by atoms with E-state index in [0.29, 0.717) is 34.3 Å². The lowest BCUT2D eigenvalue weighted by atomic mass is 10.0. The number of thiol groups is 2. The van der Waals surface area contributed by atoms with Gasteiger partial charge in [-0.2, -0.15) is 25.3 Å². The highest BCUT2D eigenvalue weighted by Gasteiger charge is 2.42. The summed E-state index contributed by atoms with van der Waals surface area (Å²) >= 11 is 8.36. The number of aromatic amines is 1. The van der Waals surface area contributed by atoms with Gasteiger partial charge in [0, 0.05) is 80.2 Å². The summed E-state index contributed by atoms with van der Waals surface area (Å²) in [6, 6.07) is -7.99. The van der Waals surface area contributed by atoms with E-state index >= 15 is 4.79 Å². The van der Waals surface area contributed by atoms with Crippen LogP contribution in [0.15, 0.2) is 60.9 Å². The van der Waals surface area contributed by atoms with E-state index in [1.54, 1.807) is 43.6 Å². The van der Waals surface area contributed by atoms with Gasteiger partial charge in [0.2, 0.25) is 76.8 Å². The molecule has 0 spiro atoms. The average Bonchev–Trinajstić information content (AvgIpc) is 1.67. The van der Waals surface area contributed by atoms with Crippen LogP contribution in [-0.2, 0) is 97.7 Å². The minimum Gasteiger partial charge on any atom is -0.508 e. The van der Waals surface area contributed by atoms with E-state index in [2.05, 4.69) is 110 Å². The Balaban J connectivity index is 1.41. The number of aliphatic hydroxyl groups is 1. The predicted molar refractivity (Wildman–Crippen MR) is 412 cm³/mol. The van der Waals surface area contributed by atoms with Gasteiger partial charge in [0.05, 0.1) is 24.8 Å². The second-order valence-corrected chi connectivity index (χ2v) is 27.5. The van der Waals surface area contributed by atoms with Crippen LogP contribution in [-0.4, -0.2) is 262 Å². The number of guanidine groups is 1. The largest absolute Gasteiger partial charge is 0.508 e. The molecule has 0 radical (unpaired) electrons. The first-order valence-corrected chi connectivity index (χ1v) is 37.6. The number of benzene rings is 2. The van der Waals surface area contributed by atoms with Gasteiger partial charge in [0.15, 0.2) is 5.96 Å². The molecule has 3 heterocycles. The van der Waals surface area contributed by atoms with Crippen molar-refractivity contribution in [2.45, 2.75) is 189 Å². The number of aliphatic carboxylic acids is 2. The molecular weight excluding hydrogens is 1540 g/mol. The molecule has 1 saturated heterocycles. The Morgan fingerprint density at radius 3 is 1.72 bits per heavy atom. The Morgan fingerprint density at radius 2 is 1.16 bits per heavy atom. The van der Waals surface area contributed by atoms with Crippen LogP contribution in [0.3, 0.4) is 0 Å². The summed E-state index contributed by atoms with van der Waals surface area (Å²) < 4.78 is 1.50. The van der Waals surface area contributed by atoms with Crippen molar-refractivity contribution in [3.8, 4) is 5.75 Å². The molecule has 1 aliphatic heterocycles. The van der Waals surface area contributed by atoms with E-state index in [1.165, 1.54) is 35.9 Å². The Morgan fingerprint density at radius 1 is 0.623 bits per heavy atom. The number of hydrogen-bond acceptors (Lipinski definition) is 24. The van der Waals surface area contributed by atoms with Gasteiger partial charge in [0.1, 0.15) is 78.3 Å². The summed E-state index contributed by atoms with van der Waals surface area (Å²) in [5.74, 6) is -17.6. The van der Waals surface area contributed by atoms with E-state index < -0.39 is 211 Å². The lowest BCUT2D eigenvalue weighted by Crippen LogP contribution is -2.62. The fourth-order valence-corrected chi connectivity index (χ4v) is 12.4. The minimum atomic E-state index is -1.96. The average molecular weight is 1640 g/mol. The summed E-state index contributed by atoms with van der Waals surface area (Å²) in [5, 5.41) is 88.9. The van der Waals surface area contributed by atoms with Gasteiger partial charge < -0.3 is 122 Å². The molecule has 0 aliphatic carbocycles. The third kappa shape index (κ3) is 30.0. The van der Waals surface area contributed by atoms with Crippen LogP contribution < -0.4 is 92.1 Å².